The minimum atomic E-state index is -1.73. The molecular weight excluding hydrogens is 619 g/mol. The van der Waals surface area contributed by atoms with Gasteiger partial charge >= 0.3 is 0 Å². The summed E-state index contributed by atoms with van der Waals surface area (Å²) in [7, 11) is 0. The molecule has 1 saturated heterocycles. The van der Waals surface area contributed by atoms with Gasteiger partial charge in [0.15, 0.2) is 11.6 Å². The number of benzene rings is 1. The smallest absolute Gasteiger partial charge is 0.263 e. The molecule has 0 radical (unpaired) electrons. The largest absolute Gasteiger partial charge is 0.504 e. The van der Waals surface area contributed by atoms with Crippen molar-refractivity contribution in [1.82, 2.24) is 19.1 Å². The van der Waals surface area contributed by atoms with Gasteiger partial charge in [0.1, 0.15) is 28.9 Å². The Morgan fingerprint density at radius 1 is 1.18 bits per heavy atom. The number of carbonyl (C=O) groups excluding carboxylic acids is 2. The molecule has 2 aliphatic rings. The zero-order valence-electron chi connectivity index (χ0n) is 24.0. The highest BCUT2D eigenvalue weighted by molar-refractivity contribution is 6.33. The number of halogens is 4. The van der Waals surface area contributed by atoms with Crippen molar-refractivity contribution in [3.8, 4) is 16.9 Å². The number of ether oxygens (including phenoxy) is 1. The molecule has 45 heavy (non-hydrogen) atoms. The predicted molar refractivity (Wildman–Crippen MR) is 158 cm³/mol. The first-order chi connectivity index (χ1) is 21.3. The molecule has 0 spiro atoms. The highest BCUT2D eigenvalue weighted by Crippen LogP contribution is 2.37. The molecule has 12 nitrogen and oxygen atoms in total. The number of rotatable bonds is 6. The fourth-order valence-electron chi connectivity index (χ4n) is 5.80. The van der Waals surface area contributed by atoms with Gasteiger partial charge in [-0.25, -0.2) is 14.4 Å². The van der Waals surface area contributed by atoms with Gasteiger partial charge in [0.2, 0.25) is 17.7 Å². The molecule has 0 saturated carbocycles. The molecule has 0 bridgehead atoms. The number of aromatic hydroxyl groups is 1. The molecule has 1 fully saturated rings. The third kappa shape index (κ3) is 5.25. The number of amides is 2. The second-order valence-corrected chi connectivity index (χ2v) is 11.6. The average molecular weight is 646 g/mol. The maximum Gasteiger partial charge on any atom is 0.263 e. The first-order valence-corrected chi connectivity index (χ1v) is 14.4. The fraction of sp³-hybridized carbons (Fsp3) is 0.345. The number of anilines is 2. The number of nitrogens with zero attached hydrogens (tertiary/aromatic N) is 5. The molecule has 3 aromatic heterocycles. The lowest BCUT2D eigenvalue weighted by atomic mass is 10.0. The Kier molecular flexibility index (Phi) is 7.69. The summed E-state index contributed by atoms with van der Waals surface area (Å²) in [6.07, 6.45) is 1.67. The van der Waals surface area contributed by atoms with Crippen LogP contribution in [0.25, 0.3) is 22.2 Å². The maximum absolute atomic E-state index is 15.3. The van der Waals surface area contributed by atoms with Gasteiger partial charge in [-0.15, -0.1) is 0 Å². The number of phenols is 1. The van der Waals surface area contributed by atoms with Gasteiger partial charge in [-0.1, -0.05) is 18.5 Å². The molecular formula is C29H27ClF3N7O5. The third-order valence-electron chi connectivity index (χ3n) is 7.97. The molecule has 4 aromatic rings. The van der Waals surface area contributed by atoms with E-state index in [1.54, 1.807) is 0 Å². The number of pyridine rings is 1. The Hall–Kier alpha value is -4.63. The van der Waals surface area contributed by atoms with Crippen LogP contribution in [0.3, 0.4) is 0 Å². The van der Waals surface area contributed by atoms with Crippen molar-refractivity contribution in [2.24, 2.45) is 11.7 Å². The summed E-state index contributed by atoms with van der Waals surface area (Å²) in [4.78, 5) is 49.3. The molecule has 5 heterocycles. The van der Waals surface area contributed by atoms with Crippen molar-refractivity contribution >= 4 is 46.0 Å². The van der Waals surface area contributed by atoms with Crippen molar-refractivity contribution in [2.75, 3.05) is 30.0 Å². The van der Waals surface area contributed by atoms with Crippen LogP contribution in [0, 0.1) is 23.5 Å². The summed E-state index contributed by atoms with van der Waals surface area (Å²) < 4.78 is 52.9. The highest BCUT2D eigenvalue weighted by atomic mass is 35.5. The Morgan fingerprint density at radius 2 is 1.93 bits per heavy atom. The fourth-order valence-corrected chi connectivity index (χ4v) is 5.95. The molecule has 1 aromatic carbocycles. The molecule has 4 N–H and O–H groups in total. The van der Waals surface area contributed by atoms with E-state index in [1.165, 1.54) is 21.4 Å². The number of hydrogen-bond acceptors (Lipinski definition) is 8. The zero-order valence-corrected chi connectivity index (χ0v) is 24.8. The summed E-state index contributed by atoms with van der Waals surface area (Å²) >= 11 is 6.16. The van der Waals surface area contributed by atoms with Crippen molar-refractivity contribution in [1.29, 1.82) is 0 Å². The summed E-state index contributed by atoms with van der Waals surface area (Å²) in [5, 5.41) is 12.0. The van der Waals surface area contributed by atoms with Gasteiger partial charge in [0.05, 0.1) is 35.9 Å². The van der Waals surface area contributed by atoms with Crippen LogP contribution < -0.4 is 21.5 Å². The van der Waals surface area contributed by atoms with E-state index in [-0.39, 0.29) is 40.1 Å². The van der Waals surface area contributed by atoms with Crippen LogP contribution in [0.4, 0.5) is 24.7 Å². The van der Waals surface area contributed by atoms with Crippen LogP contribution >= 0.6 is 11.6 Å². The Balaban J connectivity index is 1.43. The molecule has 0 aliphatic carbocycles. The Morgan fingerprint density at radius 3 is 2.64 bits per heavy atom. The van der Waals surface area contributed by atoms with E-state index in [9.17, 15) is 28.3 Å². The van der Waals surface area contributed by atoms with E-state index in [1.807, 2.05) is 18.7 Å². The van der Waals surface area contributed by atoms with Crippen LogP contribution in [-0.2, 0) is 29.0 Å². The second kappa shape index (κ2) is 11.4. The topological polar surface area (TPSA) is 158 Å². The lowest BCUT2D eigenvalue weighted by molar-refractivity contribution is -0.116. The number of nitrogens with one attached hydrogen (secondary N) is 1. The number of nitrogens with two attached hydrogens (primary N) is 1. The monoisotopic (exact) mass is 645 g/mol. The van der Waals surface area contributed by atoms with E-state index in [2.05, 4.69) is 15.3 Å². The Labute approximate surface area is 258 Å². The molecule has 0 unspecified atom stereocenters. The predicted octanol–water partition coefficient (Wildman–Crippen LogP) is 3.19. The minimum Gasteiger partial charge on any atom is -0.504 e. The van der Waals surface area contributed by atoms with Gasteiger partial charge in [-0.3, -0.25) is 19.0 Å². The van der Waals surface area contributed by atoms with E-state index in [0.717, 1.165) is 6.07 Å². The Bertz CT molecular complexity index is 1960. The summed E-state index contributed by atoms with van der Waals surface area (Å²) in [6, 6.07) is 2.15. The molecule has 6 rings (SSSR count). The number of fused-ring (bicyclic) bond motifs is 2. The molecule has 236 valence electrons. The lowest BCUT2D eigenvalue weighted by Crippen LogP contribution is -2.44. The second-order valence-electron chi connectivity index (χ2n) is 11.2. The number of primary amides is 1. The highest BCUT2D eigenvalue weighted by Gasteiger charge is 2.30. The number of aromatic nitrogens is 4. The molecule has 2 aliphatic heterocycles. The van der Waals surface area contributed by atoms with Crippen LogP contribution in [0.15, 0.2) is 23.1 Å². The minimum absolute atomic E-state index is 0.00570. The summed E-state index contributed by atoms with van der Waals surface area (Å²) in [6.45, 7) is 4.87. The van der Waals surface area contributed by atoms with Gasteiger partial charge in [0.25, 0.3) is 11.5 Å². The summed E-state index contributed by atoms with van der Waals surface area (Å²) in [5.74, 6) is -6.74. The van der Waals surface area contributed by atoms with Gasteiger partial charge in [-0.05, 0) is 18.9 Å². The third-order valence-corrected chi connectivity index (χ3v) is 8.33. The molecule has 2 amide bonds. The zero-order chi connectivity index (χ0) is 32.3. The van der Waals surface area contributed by atoms with Crippen LogP contribution in [0.1, 0.15) is 30.0 Å². The van der Waals surface area contributed by atoms with Gasteiger partial charge in [0, 0.05) is 42.9 Å². The molecule has 2 atom stereocenters. The number of morpholine rings is 1. The van der Waals surface area contributed by atoms with Gasteiger partial charge in [-0.2, -0.15) is 8.78 Å². The van der Waals surface area contributed by atoms with E-state index < -0.39 is 63.4 Å². The van der Waals surface area contributed by atoms with Crippen molar-refractivity contribution in [3.63, 3.8) is 0 Å². The maximum atomic E-state index is 15.3. The normalized spacial score (nSPS) is 18.0. The van der Waals surface area contributed by atoms with Crippen molar-refractivity contribution < 1.29 is 32.6 Å². The quantitative estimate of drug-likeness (QED) is 0.270. The average Bonchev–Trinajstić information content (AvgIpc) is 3.54. The van der Waals surface area contributed by atoms with Crippen molar-refractivity contribution in [3.05, 3.63) is 62.7 Å². The lowest BCUT2D eigenvalue weighted by Gasteiger charge is -2.34. The van der Waals surface area contributed by atoms with E-state index in [4.69, 9.17) is 22.1 Å². The van der Waals surface area contributed by atoms with Crippen LogP contribution in [0.5, 0.6) is 5.75 Å². The first kappa shape index (κ1) is 30.4. The molecule has 16 heteroatoms. The van der Waals surface area contributed by atoms with Crippen molar-refractivity contribution in [2.45, 2.75) is 39.4 Å². The SMILES string of the molecule is C[C@@H]1Cc2nc3c(c(-c4cc(C(N)=O)c(O)c(F)c4F)cn3CC(=O)Nc3cc(N4CCOC[C@@H]4C)nc(F)c3Cl)c(=O)n2C1. The van der Waals surface area contributed by atoms with Crippen LogP contribution in [0.2, 0.25) is 5.02 Å². The van der Waals surface area contributed by atoms with Crippen LogP contribution in [-0.4, -0.2) is 61.8 Å². The first-order valence-electron chi connectivity index (χ1n) is 14.0. The van der Waals surface area contributed by atoms with E-state index in [0.29, 0.717) is 38.5 Å². The number of hydrogen-bond donors (Lipinski definition) is 3. The van der Waals surface area contributed by atoms with Gasteiger partial charge < -0.3 is 30.4 Å². The number of carbonyl (C=O) groups is 2. The summed E-state index contributed by atoms with van der Waals surface area (Å²) in [5.41, 5.74) is 3.22. The standard InChI is InChI=1S/C29H27ClF3N7O5/c1-12-5-18-37-28-21(29(44)40(18)8-12)16(14-6-15(27(34)43)25(42)24(32)23(14)31)9-38(28)10-20(41)35-17-7-19(36-26(33)22(17)30)39-3-4-45-11-13(39)2/h6-7,9,12-13,42H,3-5,8,10-11H2,1-2H3,(H2,34,43)(H,35,36,41)/t12-,13+/m1/s1. The van der Waals surface area contributed by atoms with E-state index >= 15 is 4.39 Å².